The van der Waals surface area contributed by atoms with E-state index in [-0.39, 0.29) is 6.04 Å². The molecule has 0 aliphatic heterocycles. The molecule has 0 radical (unpaired) electrons. The predicted octanol–water partition coefficient (Wildman–Crippen LogP) is 3.93. The van der Waals surface area contributed by atoms with Crippen molar-refractivity contribution in [1.29, 1.82) is 0 Å². The van der Waals surface area contributed by atoms with Crippen molar-refractivity contribution in [3.8, 4) is 0 Å². The zero-order valence-corrected chi connectivity index (χ0v) is 10.9. The minimum Gasteiger partial charge on any atom is -0.324 e. The maximum atomic E-state index is 5.96. The zero-order valence-electron chi connectivity index (χ0n) is 7.77. The topological polar surface area (TPSA) is 26.0 Å². The first-order valence-corrected chi connectivity index (χ1v) is 5.86. The monoisotopic (exact) mass is 305 g/mol. The molecule has 0 aromatic heterocycles. The van der Waals surface area contributed by atoms with E-state index in [2.05, 4.69) is 57.8 Å². The molecular formula is C10H13Br2N. The van der Waals surface area contributed by atoms with E-state index in [4.69, 9.17) is 5.73 Å². The number of benzene rings is 1. The number of nitrogens with two attached hydrogens (primary N) is 1. The summed E-state index contributed by atoms with van der Waals surface area (Å²) in [7, 11) is 0. The molecule has 2 N–H and O–H groups in total. The van der Waals surface area contributed by atoms with Gasteiger partial charge in [0.05, 0.1) is 0 Å². The van der Waals surface area contributed by atoms with Gasteiger partial charge in [-0.1, -0.05) is 38.8 Å². The molecule has 13 heavy (non-hydrogen) atoms. The van der Waals surface area contributed by atoms with E-state index < -0.39 is 0 Å². The highest BCUT2D eigenvalue weighted by Gasteiger charge is 2.09. The lowest BCUT2D eigenvalue weighted by atomic mass is 10.0. The fourth-order valence-electron chi connectivity index (χ4n) is 1.17. The SMILES string of the molecule is CCC(N)c1cc(Br)c(C)cc1Br. The first-order valence-electron chi connectivity index (χ1n) is 4.27. The van der Waals surface area contributed by atoms with Crippen LogP contribution in [0.4, 0.5) is 0 Å². The van der Waals surface area contributed by atoms with Crippen molar-refractivity contribution in [2.24, 2.45) is 5.73 Å². The van der Waals surface area contributed by atoms with Gasteiger partial charge in [-0.2, -0.15) is 0 Å². The molecule has 0 spiro atoms. The van der Waals surface area contributed by atoms with Crippen molar-refractivity contribution in [1.82, 2.24) is 0 Å². The molecule has 1 unspecified atom stereocenters. The fourth-order valence-corrected chi connectivity index (χ4v) is 2.28. The summed E-state index contributed by atoms with van der Waals surface area (Å²) in [5, 5.41) is 0. The Kier molecular flexibility index (Phi) is 3.95. The lowest BCUT2D eigenvalue weighted by Gasteiger charge is -2.13. The molecule has 0 amide bonds. The van der Waals surface area contributed by atoms with Gasteiger partial charge in [-0.3, -0.25) is 0 Å². The minimum absolute atomic E-state index is 0.117. The Morgan fingerprint density at radius 1 is 1.31 bits per heavy atom. The van der Waals surface area contributed by atoms with Crippen molar-refractivity contribution in [3.63, 3.8) is 0 Å². The maximum Gasteiger partial charge on any atom is 0.0303 e. The van der Waals surface area contributed by atoms with Crippen LogP contribution in [0.5, 0.6) is 0 Å². The zero-order chi connectivity index (χ0) is 10.0. The van der Waals surface area contributed by atoms with E-state index >= 15 is 0 Å². The van der Waals surface area contributed by atoms with E-state index in [9.17, 15) is 0 Å². The van der Waals surface area contributed by atoms with Crippen LogP contribution >= 0.6 is 31.9 Å². The van der Waals surface area contributed by atoms with Gasteiger partial charge in [-0.05, 0) is 36.6 Å². The molecule has 0 saturated heterocycles. The van der Waals surface area contributed by atoms with Crippen molar-refractivity contribution in [2.75, 3.05) is 0 Å². The fraction of sp³-hybridized carbons (Fsp3) is 0.400. The summed E-state index contributed by atoms with van der Waals surface area (Å²) >= 11 is 7.02. The van der Waals surface area contributed by atoms with Gasteiger partial charge in [0.15, 0.2) is 0 Å². The Morgan fingerprint density at radius 3 is 2.46 bits per heavy atom. The molecule has 0 heterocycles. The quantitative estimate of drug-likeness (QED) is 0.880. The third-order valence-electron chi connectivity index (χ3n) is 2.12. The van der Waals surface area contributed by atoms with Gasteiger partial charge >= 0.3 is 0 Å². The third kappa shape index (κ3) is 2.55. The van der Waals surface area contributed by atoms with Crippen LogP contribution in [0, 0.1) is 6.92 Å². The molecule has 0 aliphatic rings. The van der Waals surface area contributed by atoms with E-state index in [0.29, 0.717) is 0 Å². The molecule has 0 bridgehead atoms. The molecule has 3 heteroatoms. The number of hydrogen-bond acceptors (Lipinski definition) is 1. The highest BCUT2D eigenvalue weighted by molar-refractivity contribution is 9.11. The lowest BCUT2D eigenvalue weighted by molar-refractivity contribution is 0.694. The maximum absolute atomic E-state index is 5.96. The van der Waals surface area contributed by atoms with Crippen LogP contribution in [0.15, 0.2) is 21.1 Å². The molecule has 1 nitrogen and oxygen atoms in total. The van der Waals surface area contributed by atoms with Gasteiger partial charge in [-0.15, -0.1) is 0 Å². The smallest absolute Gasteiger partial charge is 0.0303 e. The molecule has 1 rings (SSSR count). The van der Waals surface area contributed by atoms with Crippen LogP contribution in [-0.2, 0) is 0 Å². The normalized spacial score (nSPS) is 13.0. The molecular weight excluding hydrogens is 294 g/mol. The van der Waals surface area contributed by atoms with E-state index in [1.165, 1.54) is 11.1 Å². The van der Waals surface area contributed by atoms with Crippen molar-refractivity contribution < 1.29 is 0 Å². The van der Waals surface area contributed by atoms with Crippen LogP contribution in [0.2, 0.25) is 0 Å². The van der Waals surface area contributed by atoms with Gasteiger partial charge in [0.2, 0.25) is 0 Å². The molecule has 1 aromatic carbocycles. The second-order valence-electron chi connectivity index (χ2n) is 3.14. The molecule has 1 aromatic rings. The molecule has 0 saturated carbocycles. The van der Waals surface area contributed by atoms with Crippen molar-refractivity contribution in [3.05, 3.63) is 32.2 Å². The van der Waals surface area contributed by atoms with Crippen LogP contribution < -0.4 is 5.73 Å². The second kappa shape index (κ2) is 4.58. The Hall–Kier alpha value is 0.140. The Bertz CT molecular complexity index is 310. The summed E-state index contributed by atoms with van der Waals surface area (Å²) in [6.07, 6.45) is 0.952. The summed E-state index contributed by atoms with van der Waals surface area (Å²) in [5.74, 6) is 0. The van der Waals surface area contributed by atoms with Gasteiger partial charge in [0, 0.05) is 15.0 Å². The van der Waals surface area contributed by atoms with Crippen LogP contribution in [-0.4, -0.2) is 0 Å². The molecule has 0 fully saturated rings. The second-order valence-corrected chi connectivity index (χ2v) is 4.85. The molecule has 1 atom stereocenters. The van der Waals surface area contributed by atoms with E-state index in [1.807, 2.05) is 0 Å². The highest BCUT2D eigenvalue weighted by atomic mass is 79.9. The summed E-state index contributed by atoms with van der Waals surface area (Å²) < 4.78 is 2.22. The first kappa shape index (κ1) is 11.2. The van der Waals surface area contributed by atoms with Crippen molar-refractivity contribution in [2.45, 2.75) is 26.3 Å². The standard InChI is InChI=1S/C10H13Br2N/c1-3-10(13)7-5-8(11)6(2)4-9(7)12/h4-5,10H,3,13H2,1-2H3. The summed E-state index contributed by atoms with van der Waals surface area (Å²) in [5.41, 5.74) is 8.35. The summed E-state index contributed by atoms with van der Waals surface area (Å²) in [4.78, 5) is 0. The third-order valence-corrected chi connectivity index (χ3v) is 3.66. The summed E-state index contributed by atoms with van der Waals surface area (Å²) in [6.45, 7) is 4.15. The summed E-state index contributed by atoms with van der Waals surface area (Å²) in [6, 6.07) is 4.30. The number of rotatable bonds is 2. The largest absolute Gasteiger partial charge is 0.324 e. The number of hydrogen-bond donors (Lipinski definition) is 1. The minimum atomic E-state index is 0.117. The van der Waals surface area contributed by atoms with Gasteiger partial charge in [-0.25, -0.2) is 0 Å². The van der Waals surface area contributed by atoms with Crippen LogP contribution in [0.25, 0.3) is 0 Å². The van der Waals surface area contributed by atoms with Crippen molar-refractivity contribution >= 4 is 31.9 Å². The number of halogens is 2. The average molecular weight is 307 g/mol. The highest BCUT2D eigenvalue weighted by Crippen LogP contribution is 2.29. The van der Waals surface area contributed by atoms with Crippen LogP contribution in [0.3, 0.4) is 0 Å². The van der Waals surface area contributed by atoms with Gasteiger partial charge in [0.1, 0.15) is 0 Å². The number of aryl methyl sites for hydroxylation is 1. The average Bonchev–Trinajstić information content (AvgIpc) is 2.10. The Labute approximate surface area is 96.0 Å². The lowest BCUT2D eigenvalue weighted by Crippen LogP contribution is -2.09. The molecule has 72 valence electrons. The van der Waals surface area contributed by atoms with Gasteiger partial charge in [0.25, 0.3) is 0 Å². The Morgan fingerprint density at radius 2 is 1.92 bits per heavy atom. The van der Waals surface area contributed by atoms with Gasteiger partial charge < -0.3 is 5.73 Å². The van der Waals surface area contributed by atoms with E-state index in [0.717, 1.165) is 15.4 Å². The van der Waals surface area contributed by atoms with Crippen LogP contribution in [0.1, 0.15) is 30.5 Å². The first-order chi connectivity index (χ1) is 6.06. The predicted molar refractivity (Wildman–Crippen MR) is 63.8 cm³/mol. The van der Waals surface area contributed by atoms with E-state index in [1.54, 1.807) is 0 Å². The Balaban J connectivity index is 3.15. The molecule has 0 aliphatic carbocycles.